The molecule has 0 unspecified atom stereocenters. The molecule has 8 heteroatoms. The molecule has 0 radical (unpaired) electrons. The zero-order valence-corrected chi connectivity index (χ0v) is 17.9. The topological polar surface area (TPSA) is 78.9 Å². The van der Waals surface area contributed by atoms with Gasteiger partial charge in [0.1, 0.15) is 18.5 Å². The van der Waals surface area contributed by atoms with Crippen LogP contribution in [-0.2, 0) is 16.4 Å². The van der Waals surface area contributed by atoms with Crippen LogP contribution >= 0.6 is 11.6 Å². The summed E-state index contributed by atoms with van der Waals surface area (Å²) in [6, 6.07) is 14.6. The van der Waals surface area contributed by atoms with E-state index in [0.29, 0.717) is 23.0 Å². The van der Waals surface area contributed by atoms with Crippen LogP contribution in [0.4, 0.5) is 5.69 Å². The maximum atomic E-state index is 11.5. The maximum Gasteiger partial charge on any atom is 0.231 e. The average molecular weight is 427 g/mol. The van der Waals surface area contributed by atoms with Crippen molar-refractivity contribution in [2.75, 3.05) is 30.8 Å². The van der Waals surface area contributed by atoms with Gasteiger partial charge in [0.2, 0.25) is 10.0 Å². The smallest absolute Gasteiger partial charge is 0.231 e. The van der Waals surface area contributed by atoms with Crippen LogP contribution in [0, 0.1) is 0 Å². The van der Waals surface area contributed by atoms with Crippen molar-refractivity contribution in [2.24, 2.45) is 0 Å². The van der Waals surface area contributed by atoms with Crippen molar-refractivity contribution in [1.82, 2.24) is 5.32 Å². The molecule has 0 aromatic heterocycles. The van der Waals surface area contributed by atoms with Gasteiger partial charge in [0.05, 0.1) is 11.9 Å². The number of nitrogens with zero attached hydrogens (tertiary/aromatic N) is 1. The van der Waals surface area contributed by atoms with Gasteiger partial charge in [-0.05, 0) is 55.3 Å². The lowest BCUT2D eigenvalue weighted by molar-refractivity contribution is 0.104. The first-order valence-corrected chi connectivity index (χ1v) is 11.2. The molecule has 6 nitrogen and oxygen atoms in total. The Hall–Kier alpha value is -1.80. The molecule has 0 bridgehead atoms. The lowest BCUT2D eigenvalue weighted by Gasteiger charge is -2.19. The van der Waals surface area contributed by atoms with Gasteiger partial charge in [0, 0.05) is 24.7 Å². The lowest BCUT2D eigenvalue weighted by atomic mass is 10.1. The Kier molecular flexibility index (Phi) is 8.12. The first-order valence-electron chi connectivity index (χ1n) is 8.98. The molecule has 0 spiro atoms. The molecule has 2 N–H and O–H groups in total. The molecule has 2 aromatic rings. The van der Waals surface area contributed by atoms with Gasteiger partial charge in [0.15, 0.2) is 0 Å². The molecule has 28 heavy (non-hydrogen) atoms. The van der Waals surface area contributed by atoms with Gasteiger partial charge in [-0.25, -0.2) is 8.42 Å². The summed E-state index contributed by atoms with van der Waals surface area (Å²) in [5.74, 6) is 0.566. The predicted octanol–water partition coefficient (Wildman–Crippen LogP) is 2.70. The molecule has 0 heterocycles. The maximum absolute atomic E-state index is 11.5. The zero-order chi connectivity index (χ0) is 20.7. The third-order valence-electron chi connectivity index (χ3n) is 4.27. The molecule has 0 saturated heterocycles. The number of aliphatic hydroxyl groups is 1. The van der Waals surface area contributed by atoms with Gasteiger partial charge < -0.3 is 15.2 Å². The Labute approximate surface area is 172 Å². The van der Waals surface area contributed by atoms with Crippen molar-refractivity contribution < 1.29 is 18.3 Å². The Morgan fingerprint density at radius 1 is 1.21 bits per heavy atom. The molecule has 0 aliphatic heterocycles. The van der Waals surface area contributed by atoms with Crippen LogP contribution in [0.5, 0.6) is 5.75 Å². The minimum absolute atomic E-state index is 0.137. The Morgan fingerprint density at radius 3 is 2.50 bits per heavy atom. The highest BCUT2D eigenvalue weighted by atomic mass is 35.5. The fraction of sp³-hybridized carbons (Fsp3) is 0.400. The number of anilines is 1. The van der Waals surface area contributed by atoms with E-state index >= 15 is 0 Å². The van der Waals surface area contributed by atoms with Gasteiger partial charge in [-0.15, -0.1) is 0 Å². The van der Waals surface area contributed by atoms with Crippen molar-refractivity contribution >= 4 is 27.3 Å². The summed E-state index contributed by atoms with van der Waals surface area (Å²) >= 11 is 6.00. The van der Waals surface area contributed by atoms with E-state index in [2.05, 4.69) is 5.32 Å². The monoisotopic (exact) mass is 426 g/mol. The average Bonchev–Trinajstić information content (AvgIpc) is 2.64. The van der Waals surface area contributed by atoms with E-state index < -0.39 is 16.1 Å². The summed E-state index contributed by atoms with van der Waals surface area (Å²) in [6.07, 6.45) is 1.29. The van der Waals surface area contributed by atoms with Gasteiger partial charge in [0.25, 0.3) is 0 Å². The number of nitrogens with one attached hydrogen (secondary N) is 1. The van der Waals surface area contributed by atoms with E-state index in [1.165, 1.54) is 11.4 Å². The number of ether oxygens (including phenoxy) is 1. The molecule has 0 amide bonds. The van der Waals surface area contributed by atoms with Crippen LogP contribution in [0.15, 0.2) is 48.5 Å². The second-order valence-electron chi connectivity index (χ2n) is 6.83. The van der Waals surface area contributed by atoms with Gasteiger partial charge >= 0.3 is 0 Å². The van der Waals surface area contributed by atoms with Crippen LogP contribution in [0.3, 0.4) is 0 Å². The van der Waals surface area contributed by atoms with Crippen molar-refractivity contribution in [3.8, 4) is 5.75 Å². The molecular weight excluding hydrogens is 400 g/mol. The number of benzene rings is 2. The number of halogens is 1. The minimum atomic E-state index is -3.30. The van der Waals surface area contributed by atoms with Crippen LogP contribution < -0.4 is 14.4 Å². The second kappa shape index (κ2) is 10.1. The first kappa shape index (κ1) is 22.5. The van der Waals surface area contributed by atoms with Crippen molar-refractivity contribution in [2.45, 2.75) is 25.5 Å². The summed E-state index contributed by atoms with van der Waals surface area (Å²) in [7, 11) is -1.81. The van der Waals surface area contributed by atoms with Crippen molar-refractivity contribution in [3.63, 3.8) is 0 Å². The molecule has 0 saturated carbocycles. The van der Waals surface area contributed by atoms with E-state index in [1.807, 2.05) is 31.2 Å². The number of aliphatic hydroxyl groups excluding tert-OH is 1. The van der Waals surface area contributed by atoms with Crippen LogP contribution in [-0.4, -0.2) is 52.1 Å². The van der Waals surface area contributed by atoms with Gasteiger partial charge in [-0.1, -0.05) is 23.7 Å². The summed E-state index contributed by atoms with van der Waals surface area (Å²) in [6.45, 7) is 2.58. The fourth-order valence-corrected chi connectivity index (χ4v) is 3.34. The predicted molar refractivity (Wildman–Crippen MR) is 114 cm³/mol. The highest BCUT2D eigenvalue weighted by Gasteiger charge is 2.12. The SMILES string of the molecule is C[C@@H](Cc1cccc(Cl)c1)NC[C@H](O)COc1ccc(N(C)S(C)(=O)=O)cc1. The van der Waals surface area contributed by atoms with Crippen molar-refractivity contribution in [3.05, 3.63) is 59.1 Å². The van der Waals surface area contributed by atoms with Crippen molar-refractivity contribution in [1.29, 1.82) is 0 Å². The Morgan fingerprint density at radius 2 is 1.89 bits per heavy atom. The quantitative estimate of drug-likeness (QED) is 0.610. The summed E-state index contributed by atoms with van der Waals surface area (Å²) in [5.41, 5.74) is 1.68. The molecule has 2 atom stereocenters. The molecule has 2 aromatic carbocycles. The van der Waals surface area contributed by atoms with E-state index in [4.69, 9.17) is 16.3 Å². The second-order valence-corrected chi connectivity index (χ2v) is 9.28. The van der Waals surface area contributed by atoms with Gasteiger partial charge in [-0.3, -0.25) is 4.31 Å². The van der Waals surface area contributed by atoms with E-state index in [1.54, 1.807) is 24.3 Å². The number of hydrogen-bond donors (Lipinski definition) is 2. The van der Waals surface area contributed by atoms with Crippen LogP contribution in [0.1, 0.15) is 12.5 Å². The first-order chi connectivity index (χ1) is 13.1. The summed E-state index contributed by atoms with van der Waals surface area (Å²) in [5, 5.41) is 14.1. The Balaban J connectivity index is 1.75. The molecule has 154 valence electrons. The lowest BCUT2D eigenvalue weighted by Crippen LogP contribution is -2.37. The zero-order valence-electron chi connectivity index (χ0n) is 16.3. The highest BCUT2D eigenvalue weighted by molar-refractivity contribution is 7.92. The van der Waals surface area contributed by atoms with E-state index in [9.17, 15) is 13.5 Å². The molecule has 0 fully saturated rings. The summed E-state index contributed by atoms with van der Waals surface area (Å²) < 4.78 is 29.8. The number of hydrogen-bond acceptors (Lipinski definition) is 5. The Bertz CT molecular complexity index is 859. The third-order valence-corrected chi connectivity index (χ3v) is 5.71. The number of sulfonamides is 1. The minimum Gasteiger partial charge on any atom is -0.491 e. The van der Waals surface area contributed by atoms with Crippen LogP contribution in [0.2, 0.25) is 5.02 Å². The molecule has 2 rings (SSSR count). The number of rotatable bonds is 10. The van der Waals surface area contributed by atoms with E-state index in [-0.39, 0.29) is 12.6 Å². The normalized spacial score (nSPS) is 13.8. The standard InChI is InChI=1S/C20H27ClN2O4S/c1-15(11-16-5-4-6-17(21)12-16)22-13-19(24)14-27-20-9-7-18(8-10-20)23(2)28(3,25)26/h4-10,12,15,19,22,24H,11,13-14H2,1-3H3/t15-,19-/m0/s1. The molecular formula is C20H27ClN2O4S. The largest absolute Gasteiger partial charge is 0.491 e. The summed E-state index contributed by atoms with van der Waals surface area (Å²) in [4.78, 5) is 0. The highest BCUT2D eigenvalue weighted by Crippen LogP contribution is 2.20. The third kappa shape index (κ3) is 7.31. The van der Waals surface area contributed by atoms with E-state index in [0.717, 1.165) is 18.2 Å². The van der Waals surface area contributed by atoms with Crippen LogP contribution in [0.25, 0.3) is 0 Å². The fourth-order valence-electron chi connectivity index (χ4n) is 2.62. The molecule has 0 aliphatic rings. The van der Waals surface area contributed by atoms with Gasteiger partial charge in [-0.2, -0.15) is 0 Å². The molecule has 0 aliphatic carbocycles.